The fraction of sp³-hybridized carbons (Fsp3) is 0.417. The van der Waals surface area contributed by atoms with Crippen LogP contribution in [0.25, 0.3) is 0 Å². The minimum absolute atomic E-state index is 0.173. The average molecular weight is 291 g/mol. The van der Waals surface area contributed by atoms with Gasteiger partial charge in [0.05, 0.1) is 23.9 Å². The largest absolute Gasteiger partial charge is 0.383 e. The van der Waals surface area contributed by atoms with E-state index in [1.165, 1.54) is 0 Å². The summed E-state index contributed by atoms with van der Waals surface area (Å²) in [5, 5.41) is 6.68. The number of rotatable bonds is 6. The zero-order chi connectivity index (χ0) is 13.5. The number of benzene rings is 1. The maximum Gasteiger partial charge on any atom is 0.238 e. The van der Waals surface area contributed by atoms with E-state index in [4.69, 9.17) is 27.9 Å². The summed E-state index contributed by atoms with van der Waals surface area (Å²) in [6.45, 7) is 3.23. The van der Waals surface area contributed by atoms with E-state index in [1.807, 2.05) is 6.92 Å². The fourth-order valence-corrected chi connectivity index (χ4v) is 1.74. The smallest absolute Gasteiger partial charge is 0.238 e. The summed E-state index contributed by atoms with van der Waals surface area (Å²) < 4.78 is 4.86. The number of methoxy groups -OCH3 is 1. The highest BCUT2D eigenvalue weighted by Crippen LogP contribution is 2.28. The topological polar surface area (TPSA) is 50.4 Å². The number of halogens is 2. The maximum atomic E-state index is 11.6. The van der Waals surface area contributed by atoms with Gasteiger partial charge in [0.15, 0.2) is 0 Å². The first kappa shape index (κ1) is 15.2. The van der Waals surface area contributed by atoms with Gasteiger partial charge in [-0.05, 0) is 24.6 Å². The van der Waals surface area contributed by atoms with Gasteiger partial charge >= 0.3 is 0 Å². The fourth-order valence-electron chi connectivity index (χ4n) is 1.31. The maximum absolute atomic E-state index is 11.6. The van der Waals surface area contributed by atoms with Crippen LogP contribution in [0.3, 0.4) is 0 Å². The summed E-state index contributed by atoms with van der Waals surface area (Å²) in [4.78, 5) is 11.6. The molecule has 0 bridgehead atoms. The van der Waals surface area contributed by atoms with Gasteiger partial charge in [-0.2, -0.15) is 0 Å². The Kier molecular flexibility index (Phi) is 6.43. The van der Waals surface area contributed by atoms with Gasteiger partial charge in [0.1, 0.15) is 0 Å². The van der Waals surface area contributed by atoms with Crippen LogP contribution in [0.5, 0.6) is 0 Å². The molecule has 0 heterocycles. The molecule has 2 N–H and O–H groups in total. The van der Waals surface area contributed by atoms with Crippen molar-refractivity contribution in [3.63, 3.8) is 0 Å². The van der Waals surface area contributed by atoms with Gasteiger partial charge in [0.25, 0.3) is 0 Å². The van der Waals surface area contributed by atoms with Crippen LogP contribution in [0.2, 0.25) is 10.0 Å². The summed E-state index contributed by atoms with van der Waals surface area (Å²) in [7, 11) is 1.61. The van der Waals surface area contributed by atoms with Crippen LogP contribution in [0, 0.1) is 6.92 Å². The van der Waals surface area contributed by atoms with Gasteiger partial charge < -0.3 is 15.4 Å². The van der Waals surface area contributed by atoms with Gasteiger partial charge in [-0.15, -0.1) is 0 Å². The molecule has 0 saturated carbocycles. The highest BCUT2D eigenvalue weighted by molar-refractivity contribution is 6.36. The van der Waals surface area contributed by atoms with Crippen LogP contribution in [-0.4, -0.2) is 32.7 Å². The minimum atomic E-state index is -0.173. The predicted octanol–water partition coefficient (Wildman–Crippen LogP) is 2.48. The molecule has 6 heteroatoms. The molecule has 0 aliphatic carbocycles. The molecule has 0 saturated heterocycles. The van der Waals surface area contributed by atoms with Crippen molar-refractivity contribution in [2.75, 3.05) is 32.1 Å². The molecule has 4 nitrogen and oxygen atoms in total. The Morgan fingerprint density at radius 1 is 1.33 bits per heavy atom. The molecular weight excluding hydrogens is 275 g/mol. The van der Waals surface area contributed by atoms with Crippen LogP contribution in [0.15, 0.2) is 12.1 Å². The van der Waals surface area contributed by atoms with E-state index in [9.17, 15) is 4.79 Å². The summed E-state index contributed by atoms with van der Waals surface area (Å²) in [5.41, 5.74) is 1.39. The van der Waals surface area contributed by atoms with Crippen molar-refractivity contribution in [3.05, 3.63) is 27.7 Å². The minimum Gasteiger partial charge on any atom is -0.383 e. The number of carbonyl (C=O) groups excluding carboxylic acids is 1. The van der Waals surface area contributed by atoms with Gasteiger partial charge in [-0.1, -0.05) is 23.2 Å². The van der Waals surface area contributed by atoms with Gasteiger partial charge in [0, 0.05) is 18.7 Å². The van der Waals surface area contributed by atoms with E-state index in [2.05, 4.69) is 10.6 Å². The number of ether oxygens (including phenoxy) is 1. The van der Waals surface area contributed by atoms with Gasteiger partial charge in [-0.25, -0.2) is 0 Å². The molecule has 0 radical (unpaired) electrons. The second-order valence-electron chi connectivity index (χ2n) is 3.80. The van der Waals surface area contributed by atoms with Gasteiger partial charge in [0.2, 0.25) is 5.91 Å². The molecule has 100 valence electrons. The SMILES string of the molecule is COCCNCC(=O)Nc1cc(Cl)c(C)cc1Cl. The Morgan fingerprint density at radius 2 is 2.06 bits per heavy atom. The zero-order valence-electron chi connectivity index (χ0n) is 10.3. The van der Waals surface area contributed by atoms with Crippen molar-refractivity contribution >= 4 is 34.8 Å². The second kappa shape index (κ2) is 7.59. The molecule has 0 fully saturated rings. The lowest BCUT2D eigenvalue weighted by molar-refractivity contribution is -0.115. The van der Waals surface area contributed by atoms with Crippen LogP contribution in [-0.2, 0) is 9.53 Å². The standard InChI is InChI=1S/C12H16Cl2N2O2/c1-8-5-10(14)11(6-9(8)13)16-12(17)7-15-3-4-18-2/h5-6,15H,3-4,7H2,1-2H3,(H,16,17). The van der Waals surface area contributed by atoms with E-state index >= 15 is 0 Å². The normalized spacial score (nSPS) is 10.4. The van der Waals surface area contributed by atoms with Crippen LogP contribution >= 0.6 is 23.2 Å². The first-order chi connectivity index (χ1) is 8.54. The van der Waals surface area contributed by atoms with Crippen LogP contribution in [0.4, 0.5) is 5.69 Å². The van der Waals surface area contributed by atoms with E-state index in [0.29, 0.717) is 28.9 Å². The number of aryl methyl sites for hydroxylation is 1. The first-order valence-corrected chi connectivity index (χ1v) is 6.25. The monoisotopic (exact) mass is 290 g/mol. The van der Waals surface area contributed by atoms with Crippen molar-refractivity contribution in [3.8, 4) is 0 Å². The van der Waals surface area contributed by atoms with Crippen molar-refractivity contribution in [1.82, 2.24) is 5.32 Å². The molecular formula is C12H16Cl2N2O2. The summed E-state index contributed by atoms with van der Waals surface area (Å²) in [6, 6.07) is 3.37. The summed E-state index contributed by atoms with van der Waals surface area (Å²) >= 11 is 12.0. The number of hydrogen-bond donors (Lipinski definition) is 2. The molecule has 0 spiro atoms. The van der Waals surface area contributed by atoms with Gasteiger partial charge in [-0.3, -0.25) is 4.79 Å². The van der Waals surface area contributed by atoms with Crippen LogP contribution < -0.4 is 10.6 Å². The first-order valence-electron chi connectivity index (χ1n) is 5.49. The quantitative estimate of drug-likeness (QED) is 0.792. The lowest BCUT2D eigenvalue weighted by Gasteiger charge is -2.09. The molecule has 0 aliphatic rings. The molecule has 1 amide bonds. The average Bonchev–Trinajstić information content (AvgIpc) is 2.32. The number of hydrogen-bond acceptors (Lipinski definition) is 3. The second-order valence-corrected chi connectivity index (χ2v) is 4.61. The highest BCUT2D eigenvalue weighted by atomic mass is 35.5. The Hall–Kier alpha value is -0.810. The molecule has 0 aromatic heterocycles. The predicted molar refractivity (Wildman–Crippen MR) is 74.6 cm³/mol. The van der Waals surface area contributed by atoms with E-state index in [1.54, 1.807) is 19.2 Å². The zero-order valence-corrected chi connectivity index (χ0v) is 11.9. The van der Waals surface area contributed by atoms with Crippen molar-refractivity contribution in [2.24, 2.45) is 0 Å². The third kappa shape index (κ3) is 4.82. The molecule has 18 heavy (non-hydrogen) atoms. The van der Waals surface area contributed by atoms with Crippen molar-refractivity contribution in [1.29, 1.82) is 0 Å². The molecule has 0 atom stereocenters. The number of carbonyl (C=O) groups is 1. The molecule has 1 rings (SSSR count). The van der Waals surface area contributed by atoms with Crippen molar-refractivity contribution in [2.45, 2.75) is 6.92 Å². The lowest BCUT2D eigenvalue weighted by atomic mass is 10.2. The molecule has 1 aromatic carbocycles. The Morgan fingerprint density at radius 3 is 2.72 bits per heavy atom. The lowest BCUT2D eigenvalue weighted by Crippen LogP contribution is -2.30. The Bertz CT molecular complexity index is 425. The van der Waals surface area contributed by atoms with Crippen LogP contribution in [0.1, 0.15) is 5.56 Å². The molecule has 1 aromatic rings. The summed E-state index contributed by atoms with van der Waals surface area (Å²) in [6.07, 6.45) is 0. The van der Waals surface area contributed by atoms with Crippen molar-refractivity contribution < 1.29 is 9.53 Å². The van der Waals surface area contributed by atoms with E-state index in [-0.39, 0.29) is 12.5 Å². The number of nitrogens with one attached hydrogen (secondary N) is 2. The number of amides is 1. The third-order valence-electron chi connectivity index (χ3n) is 2.29. The Balaban J connectivity index is 2.51. The van der Waals surface area contributed by atoms with E-state index in [0.717, 1.165) is 5.56 Å². The van der Waals surface area contributed by atoms with E-state index < -0.39 is 0 Å². The summed E-state index contributed by atoms with van der Waals surface area (Å²) in [5.74, 6) is -0.173. The number of anilines is 1. The molecule has 0 aliphatic heterocycles. The third-order valence-corrected chi connectivity index (χ3v) is 3.01. The highest BCUT2D eigenvalue weighted by Gasteiger charge is 2.08. The Labute approximate surface area is 117 Å². The molecule has 0 unspecified atom stereocenters.